The van der Waals surface area contributed by atoms with E-state index in [1.165, 1.54) is 0 Å². The molecule has 5 heteroatoms. The van der Waals surface area contributed by atoms with Crippen molar-refractivity contribution in [3.8, 4) is 0 Å². The van der Waals surface area contributed by atoms with Crippen LogP contribution in [-0.4, -0.2) is 17.0 Å². The molecule has 15 heavy (non-hydrogen) atoms. The first-order chi connectivity index (χ1) is 7.08. The number of nitrogens with two attached hydrogens (primary N) is 1. The summed E-state index contributed by atoms with van der Waals surface area (Å²) in [7, 11) is 0. The van der Waals surface area contributed by atoms with Crippen LogP contribution in [0.25, 0.3) is 0 Å². The van der Waals surface area contributed by atoms with Gasteiger partial charge in [-0.05, 0) is 37.5 Å². The molecule has 0 aliphatic heterocycles. The molecule has 2 unspecified atom stereocenters. The number of hydrogen-bond donors (Lipinski definition) is 3. The Hall–Kier alpha value is -1.10. The average molecular weight is 212 g/mol. The smallest absolute Gasteiger partial charge is 0.247 e. The zero-order valence-electron chi connectivity index (χ0n) is 8.53. The molecule has 5 nitrogen and oxygen atoms in total. The minimum atomic E-state index is -0.477. The van der Waals surface area contributed by atoms with Gasteiger partial charge in [-0.15, -0.1) is 0 Å². The van der Waals surface area contributed by atoms with Crippen LogP contribution < -0.4 is 11.2 Å². The van der Waals surface area contributed by atoms with Gasteiger partial charge in [0.15, 0.2) is 0 Å². The summed E-state index contributed by atoms with van der Waals surface area (Å²) in [5.74, 6) is -1.75. The summed E-state index contributed by atoms with van der Waals surface area (Å²) in [6, 6.07) is 0. The molecule has 0 aromatic rings. The minimum Gasteiger partial charge on any atom is -0.369 e. The lowest BCUT2D eigenvalue weighted by atomic mass is 9.71. The monoisotopic (exact) mass is 212 g/mol. The van der Waals surface area contributed by atoms with E-state index in [0.717, 1.165) is 19.3 Å². The number of carbonyl (C=O) groups is 2. The second-order valence-electron chi connectivity index (χ2n) is 4.83. The molecule has 0 aromatic heterocycles. The minimum absolute atomic E-state index is 0.284. The number of hydroxylamine groups is 1. The van der Waals surface area contributed by atoms with Crippen LogP contribution in [-0.2, 0) is 9.59 Å². The topological polar surface area (TPSA) is 92.4 Å². The van der Waals surface area contributed by atoms with Crippen molar-refractivity contribution in [2.24, 2.45) is 23.0 Å². The van der Waals surface area contributed by atoms with E-state index in [9.17, 15) is 9.59 Å². The van der Waals surface area contributed by atoms with Crippen molar-refractivity contribution in [3.63, 3.8) is 0 Å². The Morgan fingerprint density at radius 2 is 1.93 bits per heavy atom. The highest BCUT2D eigenvalue weighted by Gasteiger charge is 2.51. The van der Waals surface area contributed by atoms with Crippen LogP contribution in [0.1, 0.15) is 32.1 Å². The van der Waals surface area contributed by atoms with Crippen LogP contribution in [0.15, 0.2) is 0 Å². The molecule has 0 aromatic carbocycles. The van der Waals surface area contributed by atoms with Gasteiger partial charge in [-0.3, -0.25) is 14.8 Å². The van der Waals surface area contributed by atoms with E-state index in [2.05, 4.69) is 0 Å². The molecule has 4 N–H and O–H groups in total. The lowest BCUT2D eigenvalue weighted by molar-refractivity contribution is -0.142. The number of primary amides is 1. The third-order valence-electron chi connectivity index (χ3n) is 3.89. The molecule has 0 heterocycles. The zero-order valence-corrected chi connectivity index (χ0v) is 8.53. The summed E-state index contributed by atoms with van der Waals surface area (Å²) < 4.78 is 0. The van der Waals surface area contributed by atoms with E-state index in [-0.39, 0.29) is 5.41 Å². The fraction of sp³-hybridized carbons (Fsp3) is 0.800. The molecule has 2 saturated carbocycles. The first-order valence-corrected chi connectivity index (χ1v) is 5.31. The van der Waals surface area contributed by atoms with Gasteiger partial charge in [-0.1, -0.05) is 0 Å². The molecule has 84 valence electrons. The molecule has 2 aliphatic carbocycles. The van der Waals surface area contributed by atoms with Crippen LogP contribution in [0.4, 0.5) is 0 Å². The average Bonchev–Trinajstić information content (AvgIpc) is 2.96. The first-order valence-electron chi connectivity index (χ1n) is 5.31. The SMILES string of the molecule is NC(=O)C1CC2(CCC1C(=O)NO)CC2. The van der Waals surface area contributed by atoms with E-state index < -0.39 is 23.7 Å². The van der Waals surface area contributed by atoms with Crippen LogP contribution in [0.3, 0.4) is 0 Å². The van der Waals surface area contributed by atoms with Crippen molar-refractivity contribution in [1.29, 1.82) is 0 Å². The maximum Gasteiger partial charge on any atom is 0.247 e. The zero-order chi connectivity index (χ0) is 11.1. The van der Waals surface area contributed by atoms with Crippen molar-refractivity contribution in [2.75, 3.05) is 0 Å². The quantitative estimate of drug-likeness (QED) is 0.450. The van der Waals surface area contributed by atoms with Gasteiger partial charge in [-0.25, -0.2) is 5.48 Å². The number of amides is 2. The van der Waals surface area contributed by atoms with Gasteiger partial charge in [0, 0.05) is 5.92 Å². The molecule has 0 bridgehead atoms. The van der Waals surface area contributed by atoms with Gasteiger partial charge in [0.2, 0.25) is 11.8 Å². The van der Waals surface area contributed by atoms with Gasteiger partial charge in [0.1, 0.15) is 0 Å². The Balaban J connectivity index is 2.10. The van der Waals surface area contributed by atoms with Crippen molar-refractivity contribution in [1.82, 2.24) is 5.48 Å². The molecule has 2 amide bonds. The Kier molecular flexibility index (Phi) is 2.42. The molecular formula is C10H16N2O3. The number of rotatable bonds is 2. The molecule has 2 rings (SSSR count). The second-order valence-corrected chi connectivity index (χ2v) is 4.83. The van der Waals surface area contributed by atoms with Gasteiger partial charge in [0.05, 0.1) is 5.92 Å². The van der Waals surface area contributed by atoms with Crippen molar-refractivity contribution in [2.45, 2.75) is 32.1 Å². The van der Waals surface area contributed by atoms with E-state index in [4.69, 9.17) is 10.9 Å². The number of hydrogen-bond acceptors (Lipinski definition) is 3. The molecular weight excluding hydrogens is 196 g/mol. The predicted molar refractivity (Wildman–Crippen MR) is 51.6 cm³/mol. The maximum absolute atomic E-state index is 11.3. The number of carbonyl (C=O) groups excluding carboxylic acids is 2. The van der Waals surface area contributed by atoms with E-state index in [0.29, 0.717) is 12.8 Å². The summed E-state index contributed by atoms with van der Waals surface area (Å²) in [5, 5.41) is 8.58. The molecule has 0 radical (unpaired) electrons. The Morgan fingerprint density at radius 1 is 1.27 bits per heavy atom. The van der Waals surface area contributed by atoms with E-state index in [1.54, 1.807) is 5.48 Å². The highest BCUT2D eigenvalue weighted by atomic mass is 16.5. The van der Waals surface area contributed by atoms with Crippen LogP contribution in [0, 0.1) is 17.3 Å². The van der Waals surface area contributed by atoms with E-state index in [1.807, 2.05) is 0 Å². The molecule has 0 saturated heterocycles. The normalized spacial score (nSPS) is 32.3. The van der Waals surface area contributed by atoms with Crippen molar-refractivity contribution >= 4 is 11.8 Å². The van der Waals surface area contributed by atoms with Crippen molar-refractivity contribution in [3.05, 3.63) is 0 Å². The fourth-order valence-electron chi connectivity index (χ4n) is 2.70. The second kappa shape index (κ2) is 3.48. The van der Waals surface area contributed by atoms with Gasteiger partial charge in [0.25, 0.3) is 0 Å². The maximum atomic E-state index is 11.3. The Labute approximate surface area is 88.0 Å². The largest absolute Gasteiger partial charge is 0.369 e. The Morgan fingerprint density at radius 3 is 2.40 bits per heavy atom. The number of nitrogens with one attached hydrogen (secondary N) is 1. The molecule has 1 spiro atoms. The van der Waals surface area contributed by atoms with Crippen LogP contribution >= 0.6 is 0 Å². The van der Waals surface area contributed by atoms with Gasteiger partial charge >= 0.3 is 0 Å². The summed E-state index contributed by atoms with van der Waals surface area (Å²) in [5.41, 5.74) is 7.20. The first kappa shape index (κ1) is 10.4. The summed E-state index contributed by atoms with van der Waals surface area (Å²) in [4.78, 5) is 22.6. The molecule has 2 atom stereocenters. The third-order valence-corrected chi connectivity index (χ3v) is 3.89. The molecule has 2 aliphatic rings. The Bertz CT molecular complexity index is 299. The van der Waals surface area contributed by atoms with Gasteiger partial charge < -0.3 is 5.73 Å². The highest BCUT2D eigenvalue weighted by Crippen LogP contribution is 2.58. The van der Waals surface area contributed by atoms with Crippen molar-refractivity contribution < 1.29 is 14.8 Å². The highest BCUT2D eigenvalue weighted by molar-refractivity contribution is 5.86. The lowest BCUT2D eigenvalue weighted by Crippen LogP contribution is -2.43. The lowest BCUT2D eigenvalue weighted by Gasteiger charge is -2.33. The standard InChI is InChI=1S/C10H16N2O3/c11-8(13)7-5-10(3-4-10)2-1-6(7)9(14)12-15/h6-7,15H,1-5H2,(H2,11,13)(H,12,14). The van der Waals surface area contributed by atoms with Gasteiger partial charge in [-0.2, -0.15) is 0 Å². The van der Waals surface area contributed by atoms with Crippen LogP contribution in [0.2, 0.25) is 0 Å². The summed E-state index contributed by atoms with van der Waals surface area (Å²) in [6.45, 7) is 0. The molecule has 2 fully saturated rings. The van der Waals surface area contributed by atoms with Crippen LogP contribution in [0.5, 0.6) is 0 Å². The van der Waals surface area contributed by atoms with E-state index >= 15 is 0 Å². The summed E-state index contributed by atoms with van der Waals surface area (Å²) in [6.07, 6.45) is 4.61. The summed E-state index contributed by atoms with van der Waals surface area (Å²) >= 11 is 0. The third kappa shape index (κ3) is 1.84. The fourth-order valence-corrected chi connectivity index (χ4v) is 2.70. The predicted octanol–water partition coefficient (Wildman–Crippen LogP) is 0.174.